The predicted molar refractivity (Wildman–Crippen MR) is 97.7 cm³/mol. The Hall–Kier alpha value is -2.22. The highest BCUT2D eigenvalue weighted by Gasteiger charge is 2.28. The monoisotopic (exact) mass is 364 g/mol. The van der Waals surface area contributed by atoms with Gasteiger partial charge in [0.1, 0.15) is 17.2 Å². The lowest BCUT2D eigenvalue weighted by Crippen LogP contribution is -2.47. The van der Waals surface area contributed by atoms with Crippen LogP contribution >= 0.6 is 0 Å². The molecule has 8 heteroatoms. The lowest BCUT2D eigenvalue weighted by Gasteiger charge is -2.26. The van der Waals surface area contributed by atoms with Gasteiger partial charge in [-0.05, 0) is 59.2 Å². The Bertz CT molecular complexity index is 604. The van der Waals surface area contributed by atoms with Gasteiger partial charge in [-0.15, -0.1) is 0 Å². The van der Waals surface area contributed by atoms with Crippen molar-refractivity contribution in [2.45, 2.75) is 65.2 Å². The number of hydrogen-bond donors (Lipinski definition) is 2. The topological polar surface area (TPSA) is 94.1 Å². The minimum Gasteiger partial charge on any atom is -0.537 e. The molecule has 0 spiro atoms. The summed E-state index contributed by atoms with van der Waals surface area (Å²) in [5.74, 6) is -0.0995. The Morgan fingerprint density at radius 3 is 2.04 bits per heavy atom. The van der Waals surface area contributed by atoms with Gasteiger partial charge in [0.15, 0.2) is 0 Å². The van der Waals surface area contributed by atoms with E-state index in [0.717, 1.165) is 5.56 Å². The van der Waals surface area contributed by atoms with Crippen LogP contribution in [0.25, 0.3) is 0 Å². The van der Waals surface area contributed by atoms with Crippen molar-refractivity contribution in [1.82, 2.24) is 5.32 Å². The van der Waals surface area contributed by atoms with Crippen LogP contribution < -0.4 is 9.97 Å². The van der Waals surface area contributed by atoms with Crippen molar-refractivity contribution < 1.29 is 28.7 Å². The summed E-state index contributed by atoms with van der Waals surface area (Å²) in [6, 6.07) is 5.84. The lowest BCUT2D eigenvalue weighted by molar-refractivity contribution is -0.157. The fourth-order valence-electron chi connectivity index (χ4n) is 2.02. The van der Waals surface area contributed by atoms with Crippen molar-refractivity contribution in [1.29, 1.82) is 0 Å². The SMILES string of the molecule is CC(C)(C)OC(=O)N[C@@H](Cc1ccc(O[B]O)cc1)C(=O)OC(C)(C)C. The van der Waals surface area contributed by atoms with Crippen LogP contribution in [0.4, 0.5) is 4.79 Å². The molecule has 0 bridgehead atoms. The van der Waals surface area contributed by atoms with Gasteiger partial charge in [-0.2, -0.15) is 0 Å². The molecule has 1 radical (unpaired) electrons. The summed E-state index contributed by atoms with van der Waals surface area (Å²) in [6.07, 6.45) is -0.472. The summed E-state index contributed by atoms with van der Waals surface area (Å²) in [7, 11) is 0.586. The van der Waals surface area contributed by atoms with Crippen molar-refractivity contribution in [3.63, 3.8) is 0 Å². The Balaban J connectivity index is 2.88. The number of rotatable bonds is 6. The van der Waals surface area contributed by atoms with E-state index in [1.807, 2.05) is 0 Å². The Labute approximate surface area is 155 Å². The molecule has 0 saturated carbocycles. The fraction of sp³-hybridized carbons (Fsp3) is 0.556. The highest BCUT2D eigenvalue weighted by Crippen LogP contribution is 2.16. The van der Waals surface area contributed by atoms with E-state index in [0.29, 0.717) is 13.4 Å². The maximum absolute atomic E-state index is 12.5. The van der Waals surface area contributed by atoms with Gasteiger partial charge in [-0.3, -0.25) is 0 Å². The maximum atomic E-state index is 12.5. The second-order valence-corrected chi connectivity index (χ2v) is 7.80. The zero-order valence-electron chi connectivity index (χ0n) is 16.2. The molecule has 0 fully saturated rings. The number of carbonyl (C=O) groups excluding carboxylic acids is 2. The third-order valence-corrected chi connectivity index (χ3v) is 2.93. The van der Waals surface area contributed by atoms with Crippen LogP contribution in [0, 0.1) is 0 Å². The minimum atomic E-state index is -0.903. The van der Waals surface area contributed by atoms with Gasteiger partial charge >= 0.3 is 19.7 Å². The van der Waals surface area contributed by atoms with E-state index >= 15 is 0 Å². The highest BCUT2D eigenvalue weighted by atomic mass is 16.6. The van der Waals surface area contributed by atoms with Crippen molar-refractivity contribution >= 4 is 19.7 Å². The zero-order valence-corrected chi connectivity index (χ0v) is 16.2. The third-order valence-electron chi connectivity index (χ3n) is 2.93. The predicted octanol–water partition coefficient (Wildman–Crippen LogP) is 2.37. The zero-order chi connectivity index (χ0) is 20.0. The van der Waals surface area contributed by atoms with Gasteiger partial charge < -0.3 is 24.5 Å². The van der Waals surface area contributed by atoms with Crippen molar-refractivity contribution in [2.75, 3.05) is 0 Å². The summed E-state index contributed by atoms with van der Waals surface area (Å²) in [6.45, 7) is 10.5. The van der Waals surface area contributed by atoms with Crippen molar-refractivity contribution in [2.24, 2.45) is 0 Å². The average molecular weight is 364 g/mol. The van der Waals surface area contributed by atoms with Gasteiger partial charge in [0.05, 0.1) is 5.75 Å². The van der Waals surface area contributed by atoms with E-state index in [2.05, 4.69) is 5.32 Å². The first kappa shape index (κ1) is 21.8. The number of hydrogen-bond acceptors (Lipinski definition) is 6. The average Bonchev–Trinajstić information content (AvgIpc) is 2.45. The number of carbonyl (C=O) groups is 2. The first-order valence-corrected chi connectivity index (χ1v) is 8.33. The summed E-state index contributed by atoms with van der Waals surface area (Å²) >= 11 is 0. The largest absolute Gasteiger partial charge is 0.569 e. The van der Waals surface area contributed by atoms with Gasteiger partial charge in [-0.1, -0.05) is 12.1 Å². The number of alkyl carbamates (subject to hydrolysis) is 1. The van der Waals surface area contributed by atoms with Crippen molar-refractivity contribution in [3.8, 4) is 5.75 Å². The van der Waals surface area contributed by atoms with Crippen LogP contribution in [0.3, 0.4) is 0 Å². The molecule has 0 saturated heterocycles. The van der Waals surface area contributed by atoms with Crippen LogP contribution in [-0.2, 0) is 20.7 Å². The molecule has 7 nitrogen and oxygen atoms in total. The molecule has 2 N–H and O–H groups in total. The molecule has 0 aliphatic heterocycles. The molecular formula is C18H27BNO6. The number of esters is 1. The van der Waals surface area contributed by atoms with Crippen molar-refractivity contribution in [3.05, 3.63) is 29.8 Å². The highest BCUT2D eigenvalue weighted by molar-refractivity contribution is 6.17. The van der Waals surface area contributed by atoms with E-state index in [1.165, 1.54) is 0 Å². The summed E-state index contributed by atoms with van der Waals surface area (Å²) < 4.78 is 15.5. The third kappa shape index (κ3) is 8.76. The van der Waals surface area contributed by atoms with Gasteiger partial charge in [0.25, 0.3) is 0 Å². The van der Waals surface area contributed by atoms with E-state index in [9.17, 15) is 9.59 Å². The number of nitrogens with one attached hydrogen (secondary N) is 1. The van der Waals surface area contributed by atoms with Crippen LogP contribution in [0.15, 0.2) is 24.3 Å². The van der Waals surface area contributed by atoms with E-state index in [4.69, 9.17) is 19.2 Å². The van der Waals surface area contributed by atoms with E-state index < -0.39 is 29.3 Å². The second-order valence-electron chi connectivity index (χ2n) is 7.80. The normalized spacial score (nSPS) is 12.7. The summed E-state index contributed by atoms with van der Waals surface area (Å²) in [5.41, 5.74) is -0.579. The molecule has 1 amide bonds. The smallest absolute Gasteiger partial charge is 0.537 e. The fourth-order valence-corrected chi connectivity index (χ4v) is 2.02. The van der Waals surface area contributed by atoms with Crippen LogP contribution in [-0.4, -0.2) is 42.0 Å². The van der Waals surface area contributed by atoms with Crippen LogP contribution in [0.1, 0.15) is 47.1 Å². The Morgan fingerprint density at radius 1 is 1.04 bits per heavy atom. The quantitative estimate of drug-likeness (QED) is 0.595. The molecule has 0 unspecified atom stereocenters. The minimum absolute atomic E-state index is 0.220. The summed E-state index contributed by atoms with van der Waals surface area (Å²) in [5, 5.41) is 11.2. The molecule has 1 atom stereocenters. The number of benzene rings is 1. The van der Waals surface area contributed by atoms with E-state index in [1.54, 1.807) is 65.8 Å². The Morgan fingerprint density at radius 2 is 1.58 bits per heavy atom. The van der Waals surface area contributed by atoms with Gasteiger partial charge in [-0.25, -0.2) is 9.59 Å². The second kappa shape index (κ2) is 8.94. The lowest BCUT2D eigenvalue weighted by atomic mass is 10.1. The molecule has 26 heavy (non-hydrogen) atoms. The first-order valence-electron chi connectivity index (χ1n) is 8.33. The first-order chi connectivity index (χ1) is 11.9. The molecule has 143 valence electrons. The summed E-state index contributed by atoms with van der Waals surface area (Å²) in [4.78, 5) is 24.6. The van der Waals surface area contributed by atoms with E-state index in [-0.39, 0.29) is 6.42 Å². The number of ether oxygens (including phenoxy) is 2. The molecular weight excluding hydrogens is 337 g/mol. The molecule has 0 aliphatic carbocycles. The molecule has 0 heterocycles. The van der Waals surface area contributed by atoms with Gasteiger partial charge in [0, 0.05) is 6.42 Å². The molecule has 1 rings (SSSR count). The number of amides is 1. The standard InChI is InChI=1S/C18H27BNO6/c1-17(2,3)24-15(21)14(20-16(22)25-18(4,5)6)11-12-7-9-13(10-8-12)26-19-23/h7-10,14,23H,11H2,1-6H3,(H,20,22)/t14-/m0/s1. The maximum Gasteiger partial charge on any atom is 0.569 e. The molecule has 1 aromatic carbocycles. The Kier molecular flexibility index (Phi) is 7.50. The molecule has 1 aromatic rings. The molecule has 0 aromatic heterocycles. The van der Waals surface area contributed by atoms with Crippen LogP contribution in [0.2, 0.25) is 0 Å². The van der Waals surface area contributed by atoms with Gasteiger partial charge in [0.2, 0.25) is 0 Å². The molecule has 0 aliphatic rings. The van der Waals surface area contributed by atoms with Crippen LogP contribution in [0.5, 0.6) is 5.75 Å².